The van der Waals surface area contributed by atoms with Crippen molar-refractivity contribution in [3.8, 4) is 5.75 Å². The summed E-state index contributed by atoms with van der Waals surface area (Å²) in [6, 6.07) is 14.0. The molecule has 0 aliphatic heterocycles. The number of hydrogen-bond donors (Lipinski definition) is 3. The summed E-state index contributed by atoms with van der Waals surface area (Å²) in [4.78, 5) is 29.5. The quantitative estimate of drug-likeness (QED) is 0.410. The second-order valence-corrected chi connectivity index (χ2v) is 7.55. The van der Waals surface area contributed by atoms with Crippen molar-refractivity contribution in [1.29, 1.82) is 0 Å². The predicted molar refractivity (Wildman–Crippen MR) is 122 cm³/mol. The Morgan fingerprint density at radius 1 is 1.06 bits per heavy atom. The largest absolute Gasteiger partial charge is 0.494 e. The van der Waals surface area contributed by atoms with E-state index >= 15 is 0 Å². The number of thioether (sulfide) groups is 1. The Bertz CT molecular complexity index is 1020. The lowest BCUT2D eigenvalue weighted by atomic mass is 10.1. The van der Waals surface area contributed by atoms with E-state index in [1.54, 1.807) is 48.5 Å². The van der Waals surface area contributed by atoms with Crippen LogP contribution in [0.2, 0.25) is 0 Å². The van der Waals surface area contributed by atoms with E-state index in [1.807, 2.05) is 6.92 Å². The third kappa shape index (κ3) is 6.58. The molecule has 0 spiro atoms. The van der Waals surface area contributed by atoms with Crippen molar-refractivity contribution < 1.29 is 14.3 Å². The minimum atomic E-state index is -0.314. The van der Waals surface area contributed by atoms with Gasteiger partial charge in [0.2, 0.25) is 11.1 Å². The lowest BCUT2D eigenvalue weighted by Gasteiger charge is -2.11. The highest BCUT2D eigenvalue weighted by atomic mass is 32.2. The number of nitrogens with zero attached hydrogens (tertiary/aromatic N) is 2. The average Bonchev–Trinajstić information content (AvgIpc) is 3.22. The lowest BCUT2D eigenvalue weighted by molar-refractivity contribution is -0.113. The predicted octanol–water partition coefficient (Wildman–Crippen LogP) is 4.14. The molecule has 0 bridgehead atoms. The monoisotopic (exact) mass is 439 g/mol. The fourth-order valence-electron chi connectivity index (χ4n) is 2.80. The van der Waals surface area contributed by atoms with Crippen molar-refractivity contribution in [3.05, 3.63) is 59.9 Å². The van der Waals surface area contributed by atoms with Gasteiger partial charge in [0.25, 0.3) is 5.91 Å². The molecular weight excluding hydrogens is 414 g/mol. The standard InChI is InChI=1S/C22H25N5O3S/c1-3-7-19-25-22(27-26-19)31-14-20(28)24-18-9-6-5-8-17(18)21(29)23-15-10-12-16(13-11-15)30-4-2/h5-6,8-13H,3-4,7,14H2,1-2H3,(H,23,29)(H,24,28)(H,25,26,27). The molecule has 162 valence electrons. The number of benzene rings is 2. The van der Waals surface area contributed by atoms with E-state index in [4.69, 9.17) is 4.74 Å². The first kappa shape index (κ1) is 22.4. The summed E-state index contributed by atoms with van der Waals surface area (Å²) in [7, 11) is 0. The van der Waals surface area contributed by atoms with Crippen molar-refractivity contribution >= 4 is 35.0 Å². The minimum Gasteiger partial charge on any atom is -0.494 e. The molecular formula is C22H25N5O3S. The molecule has 1 aromatic heterocycles. The van der Waals surface area contributed by atoms with E-state index < -0.39 is 0 Å². The SMILES string of the molecule is CCCc1nc(SCC(=O)Nc2ccccc2C(=O)Nc2ccc(OCC)cc2)n[nH]1. The fourth-order valence-corrected chi connectivity index (χ4v) is 3.41. The van der Waals surface area contributed by atoms with Gasteiger partial charge >= 0.3 is 0 Å². The van der Waals surface area contributed by atoms with Crippen LogP contribution in [0.5, 0.6) is 5.75 Å². The molecule has 31 heavy (non-hydrogen) atoms. The number of rotatable bonds is 10. The van der Waals surface area contributed by atoms with Gasteiger partial charge in [-0.15, -0.1) is 5.10 Å². The molecule has 3 rings (SSSR count). The molecule has 2 aromatic carbocycles. The summed E-state index contributed by atoms with van der Waals surface area (Å²) in [6.07, 6.45) is 1.78. The van der Waals surface area contributed by atoms with Gasteiger partial charge in [0.15, 0.2) is 0 Å². The number of aromatic nitrogens is 3. The molecule has 0 fully saturated rings. The van der Waals surface area contributed by atoms with Crippen LogP contribution >= 0.6 is 11.8 Å². The zero-order valence-corrected chi connectivity index (χ0v) is 18.3. The number of para-hydroxylation sites is 1. The smallest absolute Gasteiger partial charge is 0.257 e. The number of H-pyrrole nitrogens is 1. The Morgan fingerprint density at radius 3 is 2.58 bits per heavy atom. The van der Waals surface area contributed by atoms with Crippen LogP contribution in [0, 0.1) is 0 Å². The highest BCUT2D eigenvalue weighted by molar-refractivity contribution is 7.99. The van der Waals surface area contributed by atoms with E-state index in [0.29, 0.717) is 28.7 Å². The first-order valence-electron chi connectivity index (χ1n) is 10.1. The summed E-state index contributed by atoms with van der Waals surface area (Å²) < 4.78 is 5.41. The molecule has 0 saturated carbocycles. The van der Waals surface area contributed by atoms with E-state index in [9.17, 15) is 9.59 Å². The van der Waals surface area contributed by atoms with Crippen LogP contribution in [0.3, 0.4) is 0 Å². The third-order valence-electron chi connectivity index (χ3n) is 4.20. The molecule has 0 saturated heterocycles. The Kier molecular flexibility index (Phi) is 8.05. The number of amides is 2. The minimum absolute atomic E-state index is 0.137. The molecule has 0 aliphatic carbocycles. The maximum atomic E-state index is 12.7. The Labute approximate surface area is 185 Å². The molecule has 0 aliphatic rings. The highest BCUT2D eigenvalue weighted by Crippen LogP contribution is 2.20. The first-order valence-corrected chi connectivity index (χ1v) is 11.0. The van der Waals surface area contributed by atoms with Gasteiger partial charge in [0, 0.05) is 12.1 Å². The van der Waals surface area contributed by atoms with Crippen molar-refractivity contribution in [1.82, 2.24) is 15.2 Å². The highest BCUT2D eigenvalue weighted by Gasteiger charge is 2.14. The Hall–Kier alpha value is -3.33. The second-order valence-electron chi connectivity index (χ2n) is 6.61. The van der Waals surface area contributed by atoms with Crippen LogP contribution in [0.1, 0.15) is 36.5 Å². The number of carbonyl (C=O) groups is 2. The number of carbonyl (C=O) groups excluding carboxylic acids is 2. The Balaban J connectivity index is 1.59. The molecule has 1 heterocycles. The lowest BCUT2D eigenvalue weighted by Crippen LogP contribution is -2.19. The molecule has 3 N–H and O–H groups in total. The summed E-state index contributed by atoms with van der Waals surface area (Å²) in [5, 5.41) is 13.1. The Morgan fingerprint density at radius 2 is 1.84 bits per heavy atom. The zero-order valence-electron chi connectivity index (χ0n) is 17.5. The van der Waals surface area contributed by atoms with Gasteiger partial charge < -0.3 is 15.4 Å². The summed E-state index contributed by atoms with van der Waals surface area (Å²) in [5.41, 5.74) is 1.45. The number of hydrogen-bond acceptors (Lipinski definition) is 6. The normalized spacial score (nSPS) is 10.5. The van der Waals surface area contributed by atoms with Crippen molar-refractivity contribution in [2.75, 3.05) is 23.0 Å². The van der Waals surface area contributed by atoms with Gasteiger partial charge in [0.1, 0.15) is 11.6 Å². The number of ether oxygens (including phenoxy) is 1. The first-order chi connectivity index (χ1) is 15.1. The number of aromatic amines is 1. The van der Waals surface area contributed by atoms with Gasteiger partial charge in [-0.05, 0) is 49.7 Å². The number of nitrogens with one attached hydrogen (secondary N) is 3. The molecule has 8 nitrogen and oxygen atoms in total. The summed E-state index contributed by atoms with van der Waals surface area (Å²) >= 11 is 1.24. The zero-order chi connectivity index (χ0) is 22.1. The van der Waals surface area contributed by atoms with Crippen LogP contribution < -0.4 is 15.4 Å². The van der Waals surface area contributed by atoms with Crippen molar-refractivity contribution in [2.24, 2.45) is 0 Å². The van der Waals surface area contributed by atoms with Crippen molar-refractivity contribution in [2.45, 2.75) is 31.8 Å². The van der Waals surface area contributed by atoms with Gasteiger partial charge in [-0.3, -0.25) is 14.7 Å². The number of aryl methyl sites for hydroxylation is 1. The van der Waals surface area contributed by atoms with Crippen molar-refractivity contribution in [3.63, 3.8) is 0 Å². The van der Waals surface area contributed by atoms with E-state index in [2.05, 4.69) is 32.7 Å². The maximum Gasteiger partial charge on any atom is 0.257 e. The van der Waals surface area contributed by atoms with Crippen LogP contribution in [0.25, 0.3) is 0 Å². The molecule has 0 atom stereocenters. The molecule has 3 aromatic rings. The summed E-state index contributed by atoms with van der Waals surface area (Å²) in [5.74, 6) is 1.12. The van der Waals surface area contributed by atoms with E-state index in [-0.39, 0.29) is 17.6 Å². The summed E-state index contributed by atoms with van der Waals surface area (Å²) in [6.45, 7) is 4.55. The molecule has 0 unspecified atom stereocenters. The average molecular weight is 440 g/mol. The van der Waals surface area contributed by atoms with Crippen LogP contribution in [0.15, 0.2) is 53.7 Å². The van der Waals surface area contributed by atoms with Gasteiger partial charge in [0.05, 0.1) is 23.6 Å². The molecule has 2 amide bonds. The molecule has 0 radical (unpaired) electrons. The number of anilines is 2. The van der Waals surface area contributed by atoms with Gasteiger partial charge in [-0.2, -0.15) is 0 Å². The maximum absolute atomic E-state index is 12.7. The second kappa shape index (κ2) is 11.2. The van der Waals surface area contributed by atoms with Gasteiger partial charge in [-0.1, -0.05) is 30.8 Å². The van der Waals surface area contributed by atoms with E-state index in [1.165, 1.54) is 11.8 Å². The van der Waals surface area contributed by atoms with Crippen LogP contribution in [0.4, 0.5) is 11.4 Å². The van der Waals surface area contributed by atoms with Crippen LogP contribution in [-0.2, 0) is 11.2 Å². The van der Waals surface area contributed by atoms with E-state index in [0.717, 1.165) is 24.4 Å². The fraction of sp³-hybridized carbons (Fsp3) is 0.273. The third-order valence-corrected chi connectivity index (χ3v) is 5.05. The van der Waals surface area contributed by atoms with Crippen LogP contribution in [-0.4, -0.2) is 39.4 Å². The van der Waals surface area contributed by atoms with Gasteiger partial charge in [-0.25, -0.2) is 4.98 Å². The topological polar surface area (TPSA) is 109 Å². The molecule has 9 heteroatoms.